The number of carbonyl (C=O) groups is 1. The predicted octanol–water partition coefficient (Wildman–Crippen LogP) is 1.96. The standard InChI is InChI=1S/C16H26N2O2/c1-14(2)11-17-9-6-10-20-13-16(19)18-12-15-7-4-3-5-8-15/h3-5,7-8,14,17H,6,9-13H2,1-2H3,(H,18,19). The molecule has 4 nitrogen and oxygen atoms in total. The Bertz CT molecular complexity index is 366. The molecule has 0 bridgehead atoms. The minimum absolute atomic E-state index is 0.0657. The van der Waals surface area contributed by atoms with Crippen LogP contribution in [0.25, 0.3) is 0 Å². The van der Waals surface area contributed by atoms with E-state index in [0.29, 0.717) is 19.1 Å². The second-order valence-electron chi connectivity index (χ2n) is 5.27. The van der Waals surface area contributed by atoms with Crippen molar-refractivity contribution in [1.82, 2.24) is 10.6 Å². The molecule has 1 aromatic rings. The summed E-state index contributed by atoms with van der Waals surface area (Å²) in [6.45, 7) is 7.63. The number of hydrogen-bond donors (Lipinski definition) is 2. The van der Waals surface area contributed by atoms with Crippen molar-refractivity contribution in [3.8, 4) is 0 Å². The molecule has 0 spiro atoms. The second-order valence-corrected chi connectivity index (χ2v) is 5.27. The van der Waals surface area contributed by atoms with Crippen molar-refractivity contribution in [2.45, 2.75) is 26.8 Å². The lowest BCUT2D eigenvalue weighted by Gasteiger charge is -2.08. The van der Waals surface area contributed by atoms with E-state index in [4.69, 9.17) is 4.74 Å². The molecule has 0 aliphatic carbocycles. The van der Waals surface area contributed by atoms with E-state index in [2.05, 4.69) is 24.5 Å². The molecule has 0 saturated carbocycles. The van der Waals surface area contributed by atoms with E-state index in [0.717, 1.165) is 25.1 Å². The van der Waals surface area contributed by atoms with Crippen LogP contribution >= 0.6 is 0 Å². The fourth-order valence-electron chi connectivity index (χ4n) is 1.70. The molecule has 1 aromatic carbocycles. The minimum Gasteiger partial charge on any atom is -0.372 e. The topological polar surface area (TPSA) is 50.4 Å². The van der Waals surface area contributed by atoms with Crippen LogP contribution in [0.2, 0.25) is 0 Å². The van der Waals surface area contributed by atoms with Gasteiger partial charge in [0.25, 0.3) is 0 Å². The van der Waals surface area contributed by atoms with Crippen molar-refractivity contribution in [3.63, 3.8) is 0 Å². The molecule has 0 heterocycles. The molecule has 0 unspecified atom stereocenters. The molecule has 0 atom stereocenters. The summed E-state index contributed by atoms with van der Waals surface area (Å²) in [5, 5.41) is 6.18. The molecule has 1 amide bonds. The van der Waals surface area contributed by atoms with E-state index in [1.54, 1.807) is 0 Å². The number of nitrogens with one attached hydrogen (secondary N) is 2. The number of carbonyl (C=O) groups excluding carboxylic acids is 1. The average Bonchev–Trinajstić information content (AvgIpc) is 2.45. The van der Waals surface area contributed by atoms with Crippen LogP contribution in [0.1, 0.15) is 25.8 Å². The Balaban J connectivity index is 1.95. The Morgan fingerprint density at radius 3 is 2.70 bits per heavy atom. The first kappa shape index (κ1) is 16.7. The molecule has 2 N–H and O–H groups in total. The highest BCUT2D eigenvalue weighted by Crippen LogP contribution is 1.96. The van der Waals surface area contributed by atoms with Crippen molar-refractivity contribution in [2.24, 2.45) is 5.92 Å². The number of rotatable bonds is 10. The fourth-order valence-corrected chi connectivity index (χ4v) is 1.70. The summed E-state index contributed by atoms with van der Waals surface area (Å²) in [4.78, 5) is 11.5. The number of amides is 1. The van der Waals surface area contributed by atoms with Crippen molar-refractivity contribution in [2.75, 3.05) is 26.3 Å². The Morgan fingerprint density at radius 2 is 2.00 bits per heavy atom. The molecule has 4 heteroatoms. The lowest BCUT2D eigenvalue weighted by Crippen LogP contribution is -2.28. The highest BCUT2D eigenvalue weighted by atomic mass is 16.5. The summed E-state index contributed by atoms with van der Waals surface area (Å²) in [7, 11) is 0. The average molecular weight is 278 g/mol. The SMILES string of the molecule is CC(C)CNCCCOCC(=O)NCc1ccccc1. The smallest absolute Gasteiger partial charge is 0.246 e. The summed E-state index contributed by atoms with van der Waals surface area (Å²) >= 11 is 0. The molecule has 0 aliphatic heterocycles. The zero-order valence-corrected chi connectivity index (χ0v) is 12.5. The molecule has 0 aliphatic rings. The number of ether oxygens (including phenoxy) is 1. The maximum atomic E-state index is 11.5. The monoisotopic (exact) mass is 278 g/mol. The number of hydrogen-bond acceptors (Lipinski definition) is 3. The lowest BCUT2D eigenvalue weighted by molar-refractivity contribution is -0.125. The van der Waals surface area contributed by atoms with Gasteiger partial charge in [0, 0.05) is 13.2 Å². The largest absolute Gasteiger partial charge is 0.372 e. The fraction of sp³-hybridized carbons (Fsp3) is 0.562. The Kier molecular flexibility index (Phi) is 8.67. The van der Waals surface area contributed by atoms with Crippen LogP contribution < -0.4 is 10.6 Å². The van der Waals surface area contributed by atoms with E-state index in [9.17, 15) is 4.79 Å². The van der Waals surface area contributed by atoms with Gasteiger partial charge in [-0.05, 0) is 31.0 Å². The molecular weight excluding hydrogens is 252 g/mol. The molecular formula is C16H26N2O2. The minimum atomic E-state index is -0.0657. The summed E-state index contributed by atoms with van der Waals surface area (Å²) in [6.07, 6.45) is 0.929. The van der Waals surface area contributed by atoms with E-state index < -0.39 is 0 Å². The van der Waals surface area contributed by atoms with Crippen molar-refractivity contribution in [3.05, 3.63) is 35.9 Å². The van der Waals surface area contributed by atoms with Crippen molar-refractivity contribution in [1.29, 1.82) is 0 Å². The van der Waals surface area contributed by atoms with Gasteiger partial charge in [0.05, 0.1) is 0 Å². The van der Waals surface area contributed by atoms with Crippen LogP contribution in [-0.4, -0.2) is 32.2 Å². The van der Waals surface area contributed by atoms with Crippen molar-refractivity contribution >= 4 is 5.91 Å². The lowest BCUT2D eigenvalue weighted by atomic mass is 10.2. The van der Waals surface area contributed by atoms with Gasteiger partial charge in [0.1, 0.15) is 6.61 Å². The van der Waals surface area contributed by atoms with E-state index >= 15 is 0 Å². The molecule has 0 fully saturated rings. The van der Waals surface area contributed by atoms with Gasteiger partial charge < -0.3 is 15.4 Å². The molecule has 0 saturated heterocycles. The highest BCUT2D eigenvalue weighted by molar-refractivity contribution is 5.77. The van der Waals surface area contributed by atoms with Crippen LogP contribution in [-0.2, 0) is 16.1 Å². The molecule has 1 rings (SSSR count). The Morgan fingerprint density at radius 1 is 1.25 bits per heavy atom. The normalized spacial score (nSPS) is 10.8. The quantitative estimate of drug-likeness (QED) is 0.643. The van der Waals surface area contributed by atoms with E-state index in [-0.39, 0.29) is 12.5 Å². The number of benzene rings is 1. The Hall–Kier alpha value is -1.39. The maximum absolute atomic E-state index is 11.5. The van der Waals surface area contributed by atoms with Crippen LogP contribution in [0.5, 0.6) is 0 Å². The van der Waals surface area contributed by atoms with Gasteiger partial charge in [-0.25, -0.2) is 0 Å². The molecule has 0 radical (unpaired) electrons. The van der Waals surface area contributed by atoms with Crippen LogP contribution in [0, 0.1) is 5.92 Å². The molecule has 112 valence electrons. The van der Waals surface area contributed by atoms with Crippen LogP contribution in [0.4, 0.5) is 0 Å². The van der Waals surface area contributed by atoms with Gasteiger partial charge in [-0.3, -0.25) is 4.79 Å². The van der Waals surface area contributed by atoms with Gasteiger partial charge in [0.15, 0.2) is 0 Å². The van der Waals surface area contributed by atoms with Crippen LogP contribution in [0.15, 0.2) is 30.3 Å². The second kappa shape index (κ2) is 10.4. The van der Waals surface area contributed by atoms with E-state index in [1.807, 2.05) is 30.3 Å². The van der Waals surface area contributed by atoms with Gasteiger partial charge in [0.2, 0.25) is 5.91 Å². The zero-order chi connectivity index (χ0) is 14.6. The summed E-state index contributed by atoms with van der Waals surface area (Å²) in [6, 6.07) is 9.86. The first-order chi connectivity index (χ1) is 9.68. The summed E-state index contributed by atoms with van der Waals surface area (Å²) in [5.41, 5.74) is 1.10. The third-order valence-electron chi connectivity index (χ3n) is 2.76. The van der Waals surface area contributed by atoms with Crippen LogP contribution in [0.3, 0.4) is 0 Å². The summed E-state index contributed by atoms with van der Waals surface area (Å²) in [5.74, 6) is 0.601. The zero-order valence-electron chi connectivity index (χ0n) is 12.5. The predicted molar refractivity (Wildman–Crippen MR) is 81.4 cm³/mol. The van der Waals surface area contributed by atoms with Gasteiger partial charge >= 0.3 is 0 Å². The highest BCUT2D eigenvalue weighted by Gasteiger charge is 2.01. The van der Waals surface area contributed by atoms with Gasteiger partial charge in [-0.2, -0.15) is 0 Å². The first-order valence-corrected chi connectivity index (χ1v) is 7.27. The third kappa shape index (κ3) is 8.67. The molecule has 20 heavy (non-hydrogen) atoms. The third-order valence-corrected chi connectivity index (χ3v) is 2.76. The van der Waals surface area contributed by atoms with E-state index in [1.165, 1.54) is 0 Å². The maximum Gasteiger partial charge on any atom is 0.246 e. The Labute approximate surface area is 121 Å². The summed E-state index contributed by atoms with van der Waals surface area (Å²) < 4.78 is 5.34. The van der Waals surface area contributed by atoms with Gasteiger partial charge in [-0.1, -0.05) is 44.2 Å². The first-order valence-electron chi connectivity index (χ1n) is 7.27. The van der Waals surface area contributed by atoms with Gasteiger partial charge in [-0.15, -0.1) is 0 Å². The molecule has 0 aromatic heterocycles. The van der Waals surface area contributed by atoms with Crippen molar-refractivity contribution < 1.29 is 9.53 Å².